The standard InChI is InChI=1S/C50H39N/c1-49(2)42-21-11-10-20-39(42)40-28-25-35(30-44(40)49)51(46-23-13-17-32-16-8-9-19-37(32)46)36-26-29-41-45(31-36)50(3,4)43-22-12-18-34-24-27-38(48(41)47(34)43)33-14-6-5-7-15-33/h5-31H,1-4H3. The Kier molecular flexibility index (Phi) is 6.34. The first kappa shape index (κ1) is 29.9. The van der Waals surface area contributed by atoms with Crippen LogP contribution in [0.4, 0.5) is 17.1 Å². The van der Waals surface area contributed by atoms with Gasteiger partial charge in [-0.2, -0.15) is 0 Å². The van der Waals surface area contributed by atoms with Crippen molar-refractivity contribution >= 4 is 38.6 Å². The maximum atomic E-state index is 2.50. The van der Waals surface area contributed by atoms with E-state index in [9.17, 15) is 0 Å². The Balaban J connectivity index is 1.24. The third-order valence-electron chi connectivity index (χ3n) is 11.8. The minimum atomic E-state index is -0.209. The van der Waals surface area contributed by atoms with Crippen LogP contribution in [0, 0.1) is 0 Å². The molecular weight excluding hydrogens is 615 g/mol. The first-order valence-corrected chi connectivity index (χ1v) is 18.1. The van der Waals surface area contributed by atoms with Gasteiger partial charge in [0.05, 0.1) is 5.69 Å². The van der Waals surface area contributed by atoms with Crippen molar-refractivity contribution in [2.75, 3.05) is 4.90 Å². The van der Waals surface area contributed by atoms with E-state index in [-0.39, 0.29) is 10.8 Å². The lowest BCUT2D eigenvalue weighted by Crippen LogP contribution is -2.24. The molecule has 0 amide bonds. The maximum absolute atomic E-state index is 2.50. The summed E-state index contributed by atoms with van der Waals surface area (Å²) in [6.07, 6.45) is 0. The monoisotopic (exact) mass is 653 g/mol. The van der Waals surface area contributed by atoms with Crippen LogP contribution in [-0.2, 0) is 10.8 Å². The minimum Gasteiger partial charge on any atom is -0.310 e. The summed E-state index contributed by atoms with van der Waals surface area (Å²) in [6.45, 7) is 9.54. The zero-order chi connectivity index (χ0) is 34.5. The molecule has 0 radical (unpaired) electrons. The Labute approximate surface area is 300 Å². The highest BCUT2D eigenvalue weighted by Crippen LogP contribution is 2.54. The number of nitrogens with zero attached hydrogens (tertiary/aromatic N) is 1. The zero-order valence-corrected chi connectivity index (χ0v) is 29.5. The second-order valence-corrected chi connectivity index (χ2v) is 15.3. The van der Waals surface area contributed by atoms with Gasteiger partial charge in [0.1, 0.15) is 0 Å². The van der Waals surface area contributed by atoms with E-state index in [0.29, 0.717) is 0 Å². The summed E-state index contributed by atoms with van der Waals surface area (Å²) in [5.41, 5.74) is 16.6. The van der Waals surface area contributed by atoms with Crippen molar-refractivity contribution < 1.29 is 0 Å². The molecule has 0 bridgehead atoms. The van der Waals surface area contributed by atoms with Crippen molar-refractivity contribution in [3.05, 3.63) is 186 Å². The molecule has 2 aliphatic rings. The van der Waals surface area contributed by atoms with Crippen LogP contribution in [0.15, 0.2) is 164 Å². The molecule has 0 N–H and O–H groups in total. The quantitative estimate of drug-likeness (QED) is 0.183. The summed E-state index contributed by atoms with van der Waals surface area (Å²) in [7, 11) is 0. The highest BCUT2D eigenvalue weighted by Gasteiger charge is 2.37. The summed E-state index contributed by atoms with van der Waals surface area (Å²) in [5.74, 6) is 0. The molecule has 0 spiro atoms. The molecule has 8 aromatic rings. The largest absolute Gasteiger partial charge is 0.310 e. The van der Waals surface area contributed by atoms with E-state index in [4.69, 9.17) is 0 Å². The van der Waals surface area contributed by atoms with Gasteiger partial charge in [0, 0.05) is 27.6 Å². The van der Waals surface area contributed by atoms with Crippen LogP contribution in [0.3, 0.4) is 0 Å². The van der Waals surface area contributed by atoms with Gasteiger partial charge in [0.2, 0.25) is 0 Å². The molecule has 1 heteroatoms. The van der Waals surface area contributed by atoms with Gasteiger partial charge in [-0.3, -0.25) is 0 Å². The van der Waals surface area contributed by atoms with Crippen LogP contribution in [0.25, 0.3) is 54.9 Å². The Morgan fingerprint density at radius 1 is 0.392 bits per heavy atom. The zero-order valence-electron chi connectivity index (χ0n) is 29.5. The predicted molar refractivity (Wildman–Crippen MR) is 217 cm³/mol. The molecule has 0 aromatic heterocycles. The first-order chi connectivity index (χ1) is 24.8. The van der Waals surface area contributed by atoms with Crippen molar-refractivity contribution in [3.63, 3.8) is 0 Å². The third-order valence-corrected chi connectivity index (χ3v) is 11.8. The van der Waals surface area contributed by atoms with E-state index in [0.717, 1.165) is 0 Å². The molecule has 0 saturated heterocycles. The Morgan fingerprint density at radius 2 is 0.961 bits per heavy atom. The Hall–Kier alpha value is -5.92. The van der Waals surface area contributed by atoms with Gasteiger partial charge in [-0.25, -0.2) is 0 Å². The normalized spacial score (nSPS) is 14.6. The van der Waals surface area contributed by atoms with Crippen LogP contribution in [0.5, 0.6) is 0 Å². The molecule has 0 atom stereocenters. The van der Waals surface area contributed by atoms with Crippen molar-refractivity contribution in [2.24, 2.45) is 0 Å². The van der Waals surface area contributed by atoms with Crippen LogP contribution >= 0.6 is 0 Å². The van der Waals surface area contributed by atoms with E-state index < -0.39 is 0 Å². The Morgan fingerprint density at radius 3 is 1.78 bits per heavy atom. The molecule has 51 heavy (non-hydrogen) atoms. The van der Waals surface area contributed by atoms with Gasteiger partial charge >= 0.3 is 0 Å². The number of benzene rings is 8. The predicted octanol–water partition coefficient (Wildman–Crippen LogP) is 13.7. The van der Waals surface area contributed by atoms with Crippen LogP contribution in [0.1, 0.15) is 49.9 Å². The number of rotatable bonds is 4. The molecule has 244 valence electrons. The van der Waals surface area contributed by atoms with Crippen LogP contribution in [-0.4, -0.2) is 0 Å². The fourth-order valence-corrected chi connectivity index (χ4v) is 9.25. The van der Waals surface area contributed by atoms with Crippen molar-refractivity contribution in [1.29, 1.82) is 0 Å². The average Bonchev–Trinajstić information content (AvgIpc) is 3.40. The Bertz CT molecular complexity index is 2690. The van der Waals surface area contributed by atoms with Crippen LogP contribution in [0.2, 0.25) is 0 Å². The van der Waals surface area contributed by atoms with Gasteiger partial charge in [-0.05, 0) is 102 Å². The summed E-state index contributed by atoms with van der Waals surface area (Å²) < 4.78 is 0. The first-order valence-electron chi connectivity index (χ1n) is 18.1. The lowest BCUT2D eigenvalue weighted by Gasteiger charge is -2.37. The summed E-state index contributed by atoms with van der Waals surface area (Å²) in [6, 6.07) is 61.1. The number of hydrogen-bond donors (Lipinski definition) is 0. The SMILES string of the molecule is CC1(C)c2ccccc2-c2ccc(N(c3ccc4c(c3)C(C)(C)c3cccc5ccc(-c6ccccc6)c-4c35)c3cccc4ccccc34)cc21. The van der Waals surface area contributed by atoms with Gasteiger partial charge in [-0.1, -0.05) is 161 Å². The topological polar surface area (TPSA) is 3.24 Å². The summed E-state index contributed by atoms with van der Waals surface area (Å²) in [4.78, 5) is 2.50. The molecule has 10 rings (SSSR count). The van der Waals surface area contributed by atoms with E-state index in [1.54, 1.807) is 0 Å². The smallest absolute Gasteiger partial charge is 0.0540 e. The van der Waals surface area contributed by atoms with E-state index >= 15 is 0 Å². The van der Waals surface area contributed by atoms with E-state index in [1.165, 1.54) is 94.2 Å². The van der Waals surface area contributed by atoms with Crippen LogP contribution < -0.4 is 4.90 Å². The van der Waals surface area contributed by atoms with Crippen molar-refractivity contribution in [1.82, 2.24) is 0 Å². The van der Waals surface area contributed by atoms with E-state index in [1.807, 2.05) is 0 Å². The number of hydrogen-bond acceptors (Lipinski definition) is 1. The summed E-state index contributed by atoms with van der Waals surface area (Å²) >= 11 is 0. The molecule has 0 unspecified atom stereocenters. The molecule has 1 nitrogen and oxygen atoms in total. The second kappa shape index (κ2) is 10.8. The number of fused-ring (bicyclic) bond motifs is 6. The van der Waals surface area contributed by atoms with Gasteiger partial charge in [-0.15, -0.1) is 0 Å². The molecular formula is C50H39N. The van der Waals surface area contributed by atoms with Gasteiger partial charge in [0.15, 0.2) is 0 Å². The van der Waals surface area contributed by atoms with Crippen molar-refractivity contribution in [3.8, 4) is 33.4 Å². The third kappa shape index (κ3) is 4.28. The molecule has 2 aliphatic carbocycles. The molecule has 0 heterocycles. The molecule has 8 aromatic carbocycles. The van der Waals surface area contributed by atoms with E-state index in [2.05, 4.69) is 196 Å². The fourth-order valence-electron chi connectivity index (χ4n) is 9.25. The fraction of sp³-hybridized carbons (Fsp3) is 0.120. The average molecular weight is 654 g/mol. The van der Waals surface area contributed by atoms with Crippen molar-refractivity contribution in [2.45, 2.75) is 38.5 Å². The highest BCUT2D eigenvalue weighted by atomic mass is 15.1. The lowest BCUT2D eigenvalue weighted by molar-refractivity contribution is 0.645. The maximum Gasteiger partial charge on any atom is 0.0540 e. The highest BCUT2D eigenvalue weighted by molar-refractivity contribution is 6.10. The molecule has 0 fully saturated rings. The second-order valence-electron chi connectivity index (χ2n) is 15.3. The molecule has 0 aliphatic heterocycles. The number of anilines is 3. The summed E-state index contributed by atoms with van der Waals surface area (Å²) in [5, 5.41) is 5.14. The lowest BCUT2D eigenvalue weighted by atomic mass is 9.67. The minimum absolute atomic E-state index is 0.0968. The molecule has 0 saturated carbocycles. The van der Waals surface area contributed by atoms with Gasteiger partial charge < -0.3 is 4.90 Å². The van der Waals surface area contributed by atoms with Gasteiger partial charge in [0.25, 0.3) is 0 Å².